The van der Waals surface area contributed by atoms with Crippen LogP contribution in [0, 0.1) is 5.41 Å². The Bertz CT molecular complexity index is 1490. The molecule has 6 heteroatoms. The number of aromatic nitrogens is 1. The largest absolute Gasteiger partial charge is 0.463 e. The van der Waals surface area contributed by atoms with Crippen LogP contribution in [0.2, 0.25) is 5.04 Å². The Morgan fingerprint density at radius 2 is 1.47 bits per heavy atom. The molecule has 5 nitrogen and oxygen atoms in total. The van der Waals surface area contributed by atoms with Gasteiger partial charge in [0.25, 0.3) is 14.1 Å². The molecule has 6 rings (SSSR count). The minimum atomic E-state index is -3.08. The van der Waals surface area contributed by atoms with Gasteiger partial charge in [-0.05, 0) is 52.6 Å². The van der Waals surface area contributed by atoms with Crippen LogP contribution >= 0.6 is 0 Å². The Kier molecular flexibility index (Phi) is 5.56. The number of H-pyrrole nitrogens is 1. The fourth-order valence-electron chi connectivity index (χ4n) is 6.84. The minimum absolute atomic E-state index is 0.0962. The minimum Gasteiger partial charge on any atom is -0.463 e. The van der Waals surface area contributed by atoms with Crippen molar-refractivity contribution in [1.29, 1.82) is 0 Å². The van der Waals surface area contributed by atoms with E-state index in [1.54, 1.807) is 0 Å². The van der Waals surface area contributed by atoms with E-state index in [1.165, 1.54) is 7.11 Å². The first-order chi connectivity index (χ1) is 18.2. The van der Waals surface area contributed by atoms with Crippen LogP contribution in [0.5, 0.6) is 0 Å². The molecule has 2 saturated carbocycles. The van der Waals surface area contributed by atoms with Crippen molar-refractivity contribution in [2.24, 2.45) is 5.41 Å². The van der Waals surface area contributed by atoms with Gasteiger partial charge in [-0.15, -0.1) is 0 Å². The molecule has 0 amide bonds. The summed E-state index contributed by atoms with van der Waals surface area (Å²) in [6.07, 6.45) is 3.79. The topological polar surface area (TPSA) is 79.4 Å². The molecule has 38 heavy (non-hydrogen) atoms. The lowest BCUT2D eigenvalue weighted by molar-refractivity contribution is -0.135. The lowest BCUT2D eigenvalue weighted by Gasteiger charge is -2.41. The second-order valence-corrected chi connectivity index (χ2v) is 15.7. The Morgan fingerprint density at radius 3 is 2.05 bits per heavy atom. The summed E-state index contributed by atoms with van der Waals surface area (Å²) in [6, 6.07) is 27.9. The number of ketones is 1. The van der Waals surface area contributed by atoms with Crippen LogP contribution in [0.15, 0.2) is 84.9 Å². The molecule has 0 radical (unpaired) electrons. The van der Waals surface area contributed by atoms with E-state index >= 15 is 0 Å². The molecule has 1 aromatic heterocycles. The van der Waals surface area contributed by atoms with E-state index in [4.69, 9.17) is 4.74 Å². The van der Waals surface area contributed by atoms with Gasteiger partial charge in [-0.25, -0.2) is 4.79 Å². The molecule has 2 fully saturated rings. The maximum atomic E-state index is 13.1. The molecule has 0 atom stereocenters. The number of Topliss-reactive ketones (excluding diaryl/α,β-unsaturated/α-hetero) is 1. The summed E-state index contributed by atoms with van der Waals surface area (Å²) < 4.78 is 4.80. The van der Waals surface area contributed by atoms with Gasteiger partial charge in [0, 0.05) is 22.0 Å². The molecule has 4 aromatic rings. The van der Waals surface area contributed by atoms with Gasteiger partial charge in [0.1, 0.15) is 0 Å². The first-order valence-corrected chi connectivity index (χ1v) is 15.2. The third-order valence-electron chi connectivity index (χ3n) is 9.42. The molecule has 1 heterocycles. The number of benzene rings is 3. The second-order valence-electron chi connectivity index (χ2n) is 11.8. The van der Waals surface area contributed by atoms with Crippen molar-refractivity contribution in [2.75, 3.05) is 7.11 Å². The van der Waals surface area contributed by atoms with Crippen LogP contribution in [0.1, 0.15) is 55.6 Å². The Hall–Kier alpha value is -3.48. The molecule has 0 spiro atoms. The maximum absolute atomic E-state index is 13.1. The van der Waals surface area contributed by atoms with Gasteiger partial charge in [-0.2, -0.15) is 0 Å². The standard InChI is InChI=1S/C32H33NO4Si/c1-30(2,38(36,22-12-6-4-7-13-22)23-14-8-5-9-15-23)18-19-31-20-32(31,21-31)28-26(27(34)29(35)37-3)24-16-10-11-17-25(24)33-28/h4-17,33,36H,18-21H2,1-3H3. The highest BCUT2D eigenvalue weighted by molar-refractivity contribution is 6.98. The molecule has 194 valence electrons. The van der Waals surface area contributed by atoms with E-state index < -0.39 is 20.1 Å². The predicted molar refractivity (Wildman–Crippen MR) is 151 cm³/mol. The molecular formula is C32H33NO4Si. The lowest BCUT2D eigenvalue weighted by atomic mass is 10.00. The lowest BCUT2D eigenvalue weighted by Crippen LogP contribution is -2.65. The van der Waals surface area contributed by atoms with Gasteiger partial charge in [0.2, 0.25) is 0 Å². The summed E-state index contributed by atoms with van der Waals surface area (Å²) >= 11 is 0. The number of rotatable bonds is 9. The molecule has 2 N–H and O–H groups in total. The fraction of sp³-hybridized carbons (Fsp3) is 0.312. The first kappa shape index (κ1) is 24.8. The van der Waals surface area contributed by atoms with Crippen LogP contribution in [0.25, 0.3) is 10.9 Å². The molecule has 2 aliphatic rings. The average Bonchev–Trinajstić information content (AvgIpc) is 3.73. The monoisotopic (exact) mass is 523 g/mol. The molecule has 0 bridgehead atoms. The number of nitrogens with one attached hydrogen (secondary N) is 1. The summed E-state index contributed by atoms with van der Waals surface area (Å²) in [7, 11) is -1.84. The van der Waals surface area contributed by atoms with Crippen LogP contribution in [0.4, 0.5) is 0 Å². The molecule has 0 saturated heterocycles. The van der Waals surface area contributed by atoms with E-state index in [0.717, 1.165) is 52.7 Å². The van der Waals surface area contributed by atoms with Gasteiger partial charge in [0.15, 0.2) is 0 Å². The number of carbonyl (C=O) groups is 2. The van der Waals surface area contributed by atoms with Crippen molar-refractivity contribution in [1.82, 2.24) is 4.98 Å². The summed E-state index contributed by atoms with van der Waals surface area (Å²) in [5.41, 5.74) is 2.20. The van der Waals surface area contributed by atoms with Crippen LogP contribution in [-0.2, 0) is 14.9 Å². The Morgan fingerprint density at radius 1 is 0.921 bits per heavy atom. The number of para-hydroxylation sites is 1. The van der Waals surface area contributed by atoms with Gasteiger partial charge >= 0.3 is 5.97 Å². The SMILES string of the molecule is COC(=O)C(=O)c1c(C23CC2(CCC(C)(C)[Si](O)(c2ccccc2)c2ccccc2)C3)[nH]c2ccccc12. The second kappa shape index (κ2) is 8.51. The maximum Gasteiger partial charge on any atom is 0.379 e. The first-order valence-electron chi connectivity index (χ1n) is 13.3. The van der Waals surface area contributed by atoms with Gasteiger partial charge in [0.05, 0.1) is 12.7 Å². The van der Waals surface area contributed by atoms with E-state index in [2.05, 4.69) is 43.1 Å². The summed E-state index contributed by atoms with van der Waals surface area (Å²) in [5.74, 6) is -1.42. The van der Waals surface area contributed by atoms with Crippen LogP contribution in [0.3, 0.4) is 0 Å². The van der Waals surface area contributed by atoms with Crippen molar-refractivity contribution in [3.63, 3.8) is 0 Å². The molecule has 3 aromatic carbocycles. The quantitative estimate of drug-likeness (QED) is 0.142. The zero-order valence-electron chi connectivity index (χ0n) is 22.1. The number of ether oxygens (including phenoxy) is 1. The number of hydrogen-bond donors (Lipinski definition) is 2. The van der Waals surface area contributed by atoms with Crippen molar-refractivity contribution in [3.8, 4) is 0 Å². The van der Waals surface area contributed by atoms with Crippen LogP contribution in [-0.4, -0.2) is 37.0 Å². The average molecular weight is 524 g/mol. The van der Waals surface area contributed by atoms with E-state index in [0.29, 0.717) is 5.56 Å². The van der Waals surface area contributed by atoms with Crippen molar-refractivity contribution in [3.05, 3.63) is 96.2 Å². The molecule has 2 aliphatic carbocycles. The smallest absolute Gasteiger partial charge is 0.379 e. The van der Waals surface area contributed by atoms with E-state index in [-0.39, 0.29) is 15.9 Å². The number of hydrogen-bond acceptors (Lipinski definition) is 4. The number of methoxy groups -OCH3 is 1. The Labute approximate surface area is 224 Å². The highest BCUT2D eigenvalue weighted by Gasteiger charge is 2.84. The highest BCUT2D eigenvalue weighted by Crippen LogP contribution is 2.88. The number of aromatic amines is 1. The van der Waals surface area contributed by atoms with Crippen molar-refractivity contribution < 1.29 is 19.1 Å². The molecule has 0 unspecified atom stereocenters. The van der Waals surface area contributed by atoms with Gasteiger partial charge < -0.3 is 14.5 Å². The number of carbonyl (C=O) groups excluding carboxylic acids is 2. The van der Waals surface area contributed by atoms with E-state index in [9.17, 15) is 14.4 Å². The summed E-state index contributed by atoms with van der Waals surface area (Å²) in [5, 5.41) is 2.49. The number of fused-ring (bicyclic) bond motifs is 2. The van der Waals surface area contributed by atoms with Crippen LogP contribution < -0.4 is 10.4 Å². The van der Waals surface area contributed by atoms with Gasteiger partial charge in [-0.1, -0.05) is 92.7 Å². The third-order valence-corrected chi connectivity index (χ3v) is 14.0. The highest BCUT2D eigenvalue weighted by atomic mass is 28.4. The molecular weight excluding hydrogens is 490 g/mol. The molecule has 0 aliphatic heterocycles. The van der Waals surface area contributed by atoms with E-state index in [1.807, 2.05) is 60.7 Å². The zero-order valence-corrected chi connectivity index (χ0v) is 23.1. The zero-order chi connectivity index (χ0) is 26.8. The summed E-state index contributed by atoms with van der Waals surface area (Å²) in [4.78, 5) is 41.4. The number of esters is 1. The Balaban J connectivity index is 1.31. The fourth-order valence-corrected chi connectivity index (χ4v) is 10.6. The van der Waals surface area contributed by atoms with Crippen molar-refractivity contribution >= 4 is 41.3 Å². The van der Waals surface area contributed by atoms with Crippen molar-refractivity contribution in [2.45, 2.75) is 50.0 Å². The third kappa shape index (κ3) is 3.47. The normalized spacial score (nSPS) is 22.1. The van der Waals surface area contributed by atoms with Gasteiger partial charge in [-0.3, -0.25) is 4.79 Å². The predicted octanol–water partition coefficient (Wildman–Crippen LogP) is 4.87. The summed E-state index contributed by atoms with van der Waals surface area (Å²) in [6.45, 7) is 4.41.